The summed E-state index contributed by atoms with van der Waals surface area (Å²) < 4.78 is 0. The highest BCUT2D eigenvalue weighted by molar-refractivity contribution is 5.83. The Kier molecular flexibility index (Phi) is 2.63. The molecule has 0 saturated heterocycles. The third-order valence-corrected chi connectivity index (χ3v) is 3.26. The van der Waals surface area contributed by atoms with Gasteiger partial charge in [0.05, 0.1) is 11.0 Å². The van der Waals surface area contributed by atoms with Gasteiger partial charge in [0.25, 0.3) is 0 Å². The lowest BCUT2D eigenvalue weighted by Gasteiger charge is -2.19. The highest BCUT2D eigenvalue weighted by atomic mass is 14.9. The number of imidazole rings is 1. The molecule has 0 unspecified atom stereocenters. The van der Waals surface area contributed by atoms with Crippen LogP contribution in [-0.4, -0.2) is 15.0 Å². The van der Waals surface area contributed by atoms with Crippen molar-refractivity contribution in [3.05, 3.63) is 48.3 Å². The van der Waals surface area contributed by atoms with E-state index in [1.165, 1.54) is 5.56 Å². The Morgan fingerprint density at radius 1 is 1.05 bits per heavy atom. The van der Waals surface area contributed by atoms with Gasteiger partial charge in [-0.3, -0.25) is 4.98 Å². The van der Waals surface area contributed by atoms with Gasteiger partial charge in [0.1, 0.15) is 5.82 Å². The molecule has 3 aromatic rings. The molecule has 3 nitrogen and oxygen atoms in total. The molecule has 0 bridgehead atoms. The van der Waals surface area contributed by atoms with E-state index in [1.54, 1.807) is 6.20 Å². The molecule has 0 aliphatic carbocycles. The SMILES string of the molecule is CC(C)(C)c1cccc2[nH]c(-c3cccnc3)nc12. The molecule has 0 amide bonds. The number of fused-ring (bicyclic) bond motifs is 1. The fourth-order valence-corrected chi connectivity index (χ4v) is 2.28. The van der Waals surface area contributed by atoms with Crippen molar-refractivity contribution in [3.8, 4) is 11.4 Å². The molecule has 0 aliphatic rings. The molecule has 3 rings (SSSR count). The van der Waals surface area contributed by atoms with E-state index in [9.17, 15) is 0 Å². The van der Waals surface area contributed by atoms with Crippen LogP contribution in [-0.2, 0) is 5.41 Å². The van der Waals surface area contributed by atoms with E-state index in [-0.39, 0.29) is 5.41 Å². The Morgan fingerprint density at radius 2 is 1.89 bits per heavy atom. The highest BCUT2D eigenvalue weighted by Gasteiger charge is 2.19. The van der Waals surface area contributed by atoms with Gasteiger partial charge in [-0.15, -0.1) is 0 Å². The maximum absolute atomic E-state index is 4.75. The summed E-state index contributed by atoms with van der Waals surface area (Å²) in [5.41, 5.74) is 4.48. The average Bonchev–Trinajstić information content (AvgIpc) is 2.82. The number of aromatic amines is 1. The molecule has 0 aliphatic heterocycles. The molecule has 1 N–H and O–H groups in total. The van der Waals surface area contributed by atoms with Gasteiger partial charge in [-0.25, -0.2) is 4.98 Å². The van der Waals surface area contributed by atoms with E-state index in [0.717, 1.165) is 22.4 Å². The van der Waals surface area contributed by atoms with Crippen molar-refractivity contribution >= 4 is 11.0 Å². The highest BCUT2D eigenvalue weighted by Crippen LogP contribution is 2.30. The molecule has 19 heavy (non-hydrogen) atoms. The van der Waals surface area contributed by atoms with Gasteiger partial charge in [-0.2, -0.15) is 0 Å². The number of benzene rings is 1. The van der Waals surface area contributed by atoms with Crippen LogP contribution in [0.1, 0.15) is 26.3 Å². The summed E-state index contributed by atoms with van der Waals surface area (Å²) in [7, 11) is 0. The van der Waals surface area contributed by atoms with Crippen LogP contribution < -0.4 is 0 Å². The zero-order chi connectivity index (χ0) is 13.5. The second kappa shape index (κ2) is 4.19. The third-order valence-electron chi connectivity index (χ3n) is 3.26. The lowest BCUT2D eigenvalue weighted by molar-refractivity contribution is 0.595. The summed E-state index contributed by atoms with van der Waals surface area (Å²) in [4.78, 5) is 12.3. The summed E-state index contributed by atoms with van der Waals surface area (Å²) in [6.45, 7) is 6.63. The average molecular weight is 251 g/mol. The fraction of sp³-hybridized carbons (Fsp3) is 0.250. The van der Waals surface area contributed by atoms with Crippen LogP contribution in [0.4, 0.5) is 0 Å². The lowest BCUT2D eigenvalue weighted by Crippen LogP contribution is -2.11. The van der Waals surface area contributed by atoms with Gasteiger partial charge in [-0.05, 0) is 29.2 Å². The number of pyridine rings is 1. The molecule has 0 fully saturated rings. The van der Waals surface area contributed by atoms with Gasteiger partial charge >= 0.3 is 0 Å². The predicted molar refractivity (Wildman–Crippen MR) is 78.0 cm³/mol. The van der Waals surface area contributed by atoms with Crippen molar-refractivity contribution < 1.29 is 0 Å². The van der Waals surface area contributed by atoms with Gasteiger partial charge in [0, 0.05) is 18.0 Å². The minimum absolute atomic E-state index is 0.0842. The molecule has 96 valence electrons. The van der Waals surface area contributed by atoms with E-state index in [2.05, 4.69) is 48.9 Å². The number of aromatic nitrogens is 3. The molecule has 0 saturated carbocycles. The van der Waals surface area contributed by atoms with Crippen LogP contribution in [0.5, 0.6) is 0 Å². The van der Waals surface area contributed by atoms with Crippen molar-refractivity contribution in [2.75, 3.05) is 0 Å². The zero-order valence-electron chi connectivity index (χ0n) is 11.4. The van der Waals surface area contributed by atoms with Crippen LogP contribution >= 0.6 is 0 Å². The van der Waals surface area contributed by atoms with Gasteiger partial charge in [0.2, 0.25) is 0 Å². The Labute approximate surface area is 112 Å². The number of nitrogens with zero attached hydrogens (tertiary/aromatic N) is 2. The van der Waals surface area contributed by atoms with Crippen LogP contribution in [0.15, 0.2) is 42.7 Å². The zero-order valence-corrected chi connectivity index (χ0v) is 11.4. The largest absolute Gasteiger partial charge is 0.338 e. The minimum Gasteiger partial charge on any atom is -0.338 e. The normalized spacial score (nSPS) is 11.9. The molecule has 1 aromatic carbocycles. The molecule has 0 spiro atoms. The fourth-order valence-electron chi connectivity index (χ4n) is 2.28. The topological polar surface area (TPSA) is 41.6 Å². The first-order valence-corrected chi connectivity index (χ1v) is 6.45. The molecule has 2 aromatic heterocycles. The van der Waals surface area contributed by atoms with E-state index in [1.807, 2.05) is 18.3 Å². The molecule has 2 heterocycles. The van der Waals surface area contributed by atoms with Crippen molar-refractivity contribution in [1.82, 2.24) is 15.0 Å². The van der Waals surface area contributed by atoms with Crippen LogP contribution in [0.2, 0.25) is 0 Å². The van der Waals surface area contributed by atoms with Crippen molar-refractivity contribution in [2.24, 2.45) is 0 Å². The van der Waals surface area contributed by atoms with Crippen molar-refractivity contribution in [3.63, 3.8) is 0 Å². The lowest BCUT2D eigenvalue weighted by atomic mass is 9.86. The summed E-state index contributed by atoms with van der Waals surface area (Å²) in [6, 6.07) is 10.2. The van der Waals surface area contributed by atoms with Crippen LogP contribution in [0.25, 0.3) is 22.4 Å². The number of hydrogen-bond donors (Lipinski definition) is 1. The van der Waals surface area contributed by atoms with Crippen LogP contribution in [0.3, 0.4) is 0 Å². The number of rotatable bonds is 1. The second-order valence-corrected chi connectivity index (χ2v) is 5.78. The maximum Gasteiger partial charge on any atom is 0.140 e. The van der Waals surface area contributed by atoms with Crippen molar-refractivity contribution in [1.29, 1.82) is 0 Å². The van der Waals surface area contributed by atoms with Gasteiger partial charge < -0.3 is 4.98 Å². The molecule has 3 heteroatoms. The van der Waals surface area contributed by atoms with Crippen molar-refractivity contribution in [2.45, 2.75) is 26.2 Å². The Balaban J connectivity index is 2.22. The first-order chi connectivity index (χ1) is 9.05. The smallest absolute Gasteiger partial charge is 0.140 e. The summed E-state index contributed by atoms with van der Waals surface area (Å²) in [6.07, 6.45) is 3.60. The Bertz CT molecular complexity index is 706. The van der Waals surface area contributed by atoms with Gasteiger partial charge in [0.15, 0.2) is 0 Å². The molecular weight excluding hydrogens is 234 g/mol. The predicted octanol–water partition coefficient (Wildman–Crippen LogP) is 3.92. The van der Waals surface area contributed by atoms with Crippen LogP contribution in [0, 0.1) is 0 Å². The molecular formula is C16H17N3. The first-order valence-electron chi connectivity index (χ1n) is 6.45. The quantitative estimate of drug-likeness (QED) is 0.712. The standard InChI is InChI=1S/C16H17N3/c1-16(2,3)12-7-4-8-13-14(12)19-15(18-13)11-6-5-9-17-10-11/h4-10H,1-3H3,(H,18,19). The summed E-state index contributed by atoms with van der Waals surface area (Å²) >= 11 is 0. The second-order valence-electron chi connectivity index (χ2n) is 5.78. The number of nitrogens with one attached hydrogen (secondary N) is 1. The maximum atomic E-state index is 4.75. The van der Waals surface area contributed by atoms with E-state index >= 15 is 0 Å². The minimum atomic E-state index is 0.0842. The number of para-hydroxylation sites is 1. The van der Waals surface area contributed by atoms with E-state index in [4.69, 9.17) is 4.98 Å². The Hall–Kier alpha value is -2.16. The first kappa shape index (κ1) is 11.9. The number of H-pyrrole nitrogens is 1. The van der Waals surface area contributed by atoms with Gasteiger partial charge in [-0.1, -0.05) is 32.9 Å². The number of hydrogen-bond acceptors (Lipinski definition) is 2. The Morgan fingerprint density at radius 3 is 2.58 bits per heavy atom. The summed E-state index contributed by atoms with van der Waals surface area (Å²) in [5, 5.41) is 0. The molecule has 0 atom stereocenters. The summed E-state index contributed by atoms with van der Waals surface area (Å²) in [5.74, 6) is 0.875. The monoisotopic (exact) mass is 251 g/mol. The third kappa shape index (κ3) is 2.12. The van der Waals surface area contributed by atoms with E-state index in [0.29, 0.717) is 0 Å². The van der Waals surface area contributed by atoms with E-state index < -0.39 is 0 Å². The molecule has 0 radical (unpaired) electrons.